The molecule has 0 aliphatic heterocycles. The van der Waals surface area contributed by atoms with Crippen molar-refractivity contribution >= 4 is 6.01 Å². The van der Waals surface area contributed by atoms with E-state index in [0.717, 1.165) is 32.5 Å². The van der Waals surface area contributed by atoms with E-state index < -0.39 is 0 Å². The van der Waals surface area contributed by atoms with Crippen molar-refractivity contribution in [1.82, 2.24) is 15.5 Å². The summed E-state index contributed by atoms with van der Waals surface area (Å²) >= 11 is 0. The first-order valence-corrected chi connectivity index (χ1v) is 7.43. The van der Waals surface area contributed by atoms with Gasteiger partial charge in [0.2, 0.25) is 5.89 Å². The SMILES string of the molecule is CCCNC(C)c1nnc(N(CC)CC(C)CC)o1. The molecular formula is C14H28N4O. The molecule has 0 spiro atoms. The lowest BCUT2D eigenvalue weighted by atomic mass is 10.1. The molecular weight excluding hydrogens is 240 g/mol. The molecule has 1 N–H and O–H groups in total. The lowest BCUT2D eigenvalue weighted by Gasteiger charge is -2.21. The van der Waals surface area contributed by atoms with Gasteiger partial charge in [0.25, 0.3) is 0 Å². The molecule has 5 nitrogen and oxygen atoms in total. The molecule has 0 aromatic carbocycles. The van der Waals surface area contributed by atoms with Crippen molar-refractivity contribution in [2.75, 3.05) is 24.5 Å². The summed E-state index contributed by atoms with van der Waals surface area (Å²) < 4.78 is 5.78. The van der Waals surface area contributed by atoms with Crippen LogP contribution in [0.25, 0.3) is 0 Å². The minimum absolute atomic E-state index is 0.114. The third kappa shape index (κ3) is 4.82. The van der Waals surface area contributed by atoms with Crippen LogP contribution in [0.2, 0.25) is 0 Å². The lowest BCUT2D eigenvalue weighted by molar-refractivity contribution is 0.408. The van der Waals surface area contributed by atoms with Gasteiger partial charge in [-0.2, -0.15) is 0 Å². The number of nitrogens with zero attached hydrogens (tertiary/aromatic N) is 3. The first-order chi connectivity index (χ1) is 9.12. The summed E-state index contributed by atoms with van der Waals surface area (Å²) in [4.78, 5) is 2.15. The highest BCUT2D eigenvalue weighted by Gasteiger charge is 2.18. The van der Waals surface area contributed by atoms with Crippen LogP contribution in [0.3, 0.4) is 0 Å². The Morgan fingerprint density at radius 2 is 1.95 bits per heavy atom. The third-order valence-corrected chi connectivity index (χ3v) is 3.38. The van der Waals surface area contributed by atoms with E-state index >= 15 is 0 Å². The zero-order chi connectivity index (χ0) is 14.3. The second-order valence-electron chi connectivity index (χ2n) is 5.15. The van der Waals surface area contributed by atoms with E-state index in [2.05, 4.69) is 55.0 Å². The van der Waals surface area contributed by atoms with Crippen molar-refractivity contribution in [1.29, 1.82) is 0 Å². The Morgan fingerprint density at radius 3 is 2.53 bits per heavy atom. The van der Waals surface area contributed by atoms with Gasteiger partial charge in [0, 0.05) is 13.1 Å². The van der Waals surface area contributed by atoms with Crippen LogP contribution in [0.5, 0.6) is 0 Å². The van der Waals surface area contributed by atoms with E-state index in [4.69, 9.17) is 4.42 Å². The number of rotatable bonds is 9. The molecule has 2 unspecified atom stereocenters. The van der Waals surface area contributed by atoms with E-state index in [9.17, 15) is 0 Å². The van der Waals surface area contributed by atoms with E-state index in [1.165, 1.54) is 0 Å². The molecule has 0 fully saturated rings. The summed E-state index contributed by atoms with van der Waals surface area (Å²) in [5.41, 5.74) is 0. The average Bonchev–Trinajstić information content (AvgIpc) is 2.91. The zero-order valence-corrected chi connectivity index (χ0v) is 12.9. The van der Waals surface area contributed by atoms with Crippen LogP contribution in [0.1, 0.15) is 59.4 Å². The van der Waals surface area contributed by atoms with Crippen molar-refractivity contribution in [3.8, 4) is 0 Å². The maximum atomic E-state index is 5.78. The lowest BCUT2D eigenvalue weighted by Crippen LogP contribution is -2.28. The first kappa shape index (κ1) is 16.0. The molecule has 0 aliphatic rings. The highest BCUT2D eigenvalue weighted by molar-refractivity contribution is 5.23. The normalized spacial score (nSPS) is 14.4. The van der Waals surface area contributed by atoms with Gasteiger partial charge in [-0.25, -0.2) is 0 Å². The second kappa shape index (κ2) is 8.15. The molecule has 1 aromatic rings. The minimum atomic E-state index is 0.114. The summed E-state index contributed by atoms with van der Waals surface area (Å²) in [6.45, 7) is 13.6. The fourth-order valence-corrected chi connectivity index (χ4v) is 1.83. The zero-order valence-electron chi connectivity index (χ0n) is 12.9. The third-order valence-electron chi connectivity index (χ3n) is 3.38. The summed E-state index contributed by atoms with van der Waals surface area (Å²) in [6.07, 6.45) is 2.26. The molecule has 0 radical (unpaired) electrons. The van der Waals surface area contributed by atoms with Crippen molar-refractivity contribution < 1.29 is 4.42 Å². The van der Waals surface area contributed by atoms with Gasteiger partial charge in [0.1, 0.15) is 0 Å². The standard InChI is InChI=1S/C14H28N4O/c1-6-9-15-12(5)13-16-17-14(19-13)18(8-3)10-11(4)7-2/h11-12,15H,6-10H2,1-5H3. The van der Waals surface area contributed by atoms with Crippen molar-refractivity contribution in [3.63, 3.8) is 0 Å². The number of nitrogens with one attached hydrogen (secondary N) is 1. The van der Waals surface area contributed by atoms with Gasteiger partial charge < -0.3 is 14.6 Å². The number of hydrogen-bond acceptors (Lipinski definition) is 5. The van der Waals surface area contributed by atoms with Crippen molar-refractivity contribution in [3.05, 3.63) is 5.89 Å². The summed E-state index contributed by atoms with van der Waals surface area (Å²) in [7, 11) is 0. The fraction of sp³-hybridized carbons (Fsp3) is 0.857. The molecule has 1 aromatic heterocycles. The Hall–Kier alpha value is -1.10. The van der Waals surface area contributed by atoms with E-state index in [0.29, 0.717) is 17.8 Å². The quantitative estimate of drug-likeness (QED) is 0.746. The fourth-order valence-electron chi connectivity index (χ4n) is 1.83. The predicted octanol–water partition coefficient (Wildman–Crippen LogP) is 3.00. The molecule has 1 rings (SSSR count). The molecule has 0 bridgehead atoms. The van der Waals surface area contributed by atoms with Crippen LogP contribution in [0.4, 0.5) is 6.01 Å². The van der Waals surface area contributed by atoms with E-state index in [-0.39, 0.29) is 6.04 Å². The van der Waals surface area contributed by atoms with Gasteiger partial charge in [0.15, 0.2) is 0 Å². The molecule has 0 amide bonds. The van der Waals surface area contributed by atoms with Crippen LogP contribution in [0, 0.1) is 5.92 Å². The Bertz CT molecular complexity index is 353. The van der Waals surface area contributed by atoms with Crippen LogP contribution >= 0.6 is 0 Å². The number of hydrogen-bond donors (Lipinski definition) is 1. The van der Waals surface area contributed by atoms with Gasteiger partial charge in [-0.15, -0.1) is 5.10 Å². The summed E-state index contributed by atoms with van der Waals surface area (Å²) in [6, 6.07) is 0.756. The van der Waals surface area contributed by atoms with Crippen LogP contribution in [0.15, 0.2) is 4.42 Å². The van der Waals surface area contributed by atoms with Gasteiger partial charge in [-0.05, 0) is 32.7 Å². The van der Waals surface area contributed by atoms with Crippen LogP contribution in [-0.4, -0.2) is 29.8 Å². The molecule has 19 heavy (non-hydrogen) atoms. The van der Waals surface area contributed by atoms with Crippen molar-refractivity contribution in [2.24, 2.45) is 5.92 Å². The van der Waals surface area contributed by atoms with Gasteiger partial charge >= 0.3 is 6.01 Å². The predicted molar refractivity (Wildman–Crippen MR) is 78.3 cm³/mol. The molecule has 110 valence electrons. The molecule has 1 heterocycles. The Kier molecular flexibility index (Phi) is 6.84. The van der Waals surface area contributed by atoms with Crippen LogP contribution < -0.4 is 10.2 Å². The van der Waals surface area contributed by atoms with Crippen molar-refractivity contribution in [2.45, 2.75) is 53.5 Å². The molecule has 2 atom stereocenters. The molecule has 5 heteroatoms. The minimum Gasteiger partial charge on any atom is -0.406 e. The second-order valence-corrected chi connectivity index (χ2v) is 5.15. The maximum absolute atomic E-state index is 5.78. The van der Waals surface area contributed by atoms with Gasteiger partial charge in [-0.3, -0.25) is 0 Å². The topological polar surface area (TPSA) is 54.2 Å². The Labute approximate surface area is 116 Å². The number of aromatic nitrogens is 2. The van der Waals surface area contributed by atoms with E-state index in [1.54, 1.807) is 0 Å². The molecule has 0 aliphatic carbocycles. The Morgan fingerprint density at radius 1 is 1.21 bits per heavy atom. The Balaban J connectivity index is 2.65. The van der Waals surface area contributed by atoms with Gasteiger partial charge in [0.05, 0.1) is 6.04 Å². The molecule has 0 saturated heterocycles. The highest BCUT2D eigenvalue weighted by atomic mass is 16.4. The van der Waals surface area contributed by atoms with E-state index in [1.807, 2.05) is 0 Å². The van der Waals surface area contributed by atoms with Crippen LogP contribution in [-0.2, 0) is 0 Å². The summed E-state index contributed by atoms with van der Waals surface area (Å²) in [5.74, 6) is 1.30. The molecule has 0 saturated carbocycles. The number of anilines is 1. The smallest absolute Gasteiger partial charge is 0.318 e. The first-order valence-electron chi connectivity index (χ1n) is 7.43. The highest BCUT2D eigenvalue weighted by Crippen LogP contribution is 2.18. The summed E-state index contributed by atoms with van der Waals surface area (Å²) in [5, 5.41) is 11.7. The maximum Gasteiger partial charge on any atom is 0.318 e. The van der Waals surface area contributed by atoms with Gasteiger partial charge in [-0.1, -0.05) is 32.3 Å². The average molecular weight is 268 g/mol. The monoisotopic (exact) mass is 268 g/mol. The largest absolute Gasteiger partial charge is 0.406 e.